The number of hydrogen-bond acceptors (Lipinski definition) is 2. The topological polar surface area (TPSA) is 18.5 Å². The predicted octanol–water partition coefficient (Wildman–Crippen LogP) is 2.82. The number of methoxy groups -OCH3 is 1. The second kappa shape index (κ2) is 5.61. The van der Waals surface area contributed by atoms with Crippen LogP contribution in [0.5, 0.6) is 0 Å². The van der Waals surface area contributed by atoms with Crippen molar-refractivity contribution in [3.05, 3.63) is 0 Å². The highest BCUT2D eigenvalue weighted by atomic mass is 16.7. The normalized spacial score (nSPS) is 31.6. The lowest BCUT2D eigenvalue weighted by Gasteiger charge is -2.26. The Morgan fingerprint density at radius 3 is 2.38 bits per heavy atom. The maximum absolute atomic E-state index is 5.54. The maximum atomic E-state index is 5.54. The summed E-state index contributed by atoms with van der Waals surface area (Å²) in [7, 11) is 1.69. The molecule has 1 rings (SSSR count). The minimum Gasteiger partial charge on any atom is -0.356 e. The van der Waals surface area contributed by atoms with E-state index in [1.54, 1.807) is 7.11 Å². The Balaban J connectivity index is 2.08. The van der Waals surface area contributed by atoms with E-state index in [1.165, 1.54) is 25.7 Å². The van der Waals surface area contributed by atoms with Crippen molar-refractivity contribution in [3.8, 4) is 0 Å². The fourth-order valence-electron chi connectivity index (χ4n) is 1.84. The molecule has 1 saturated carbocycles. The van der Waals surface area contributed by atoms with Gasteiger partial charge in [0.1, 0.15) is 0 Å². The molecule has 0 radical (unpaired) electrons. The van der Waals surface area contributed by atoms with Crippen LogP contribution >= 0.6 is 0 Å². The molecule has 78 valence electrons. The van der Waals surface area contributed by atoms with Crippen molar-refractivity contribution >= 4 is 0 Å². The summed E-state index contributed by atoms with van der Waals surface area (Å²) in [6, 6.07) is 0. The van der Waals surface area contributed by atoms with Crippen LogP contribution in [0.4, 0.5) is 0 Å². The smallest absolute Gasteiger partial charge is 0.154 e. The van der Waals surface area contributed by atoms with Gasteiger partial charge in [-0.1, -0.05) is 19.8 Å². The zero-order chi connectivity index (χ0) is 9.68. The van der Waals surface area contributed by atoms with E-state index in [-0.39, 0.29) is 6.29 Å². The molecule has 0 bridgehead atoms. The first kappa shape index (κ1) is 11.0. The Hall–Kier alpha value is -0.0800. The van der Waals surface area contributed by atoms with E-state index in [0.29, 0.717) is 0 Å². The fourth-order valence-corrected chi connectivity index (χ4v) is 1.84. The van der Waals surface area contributed by atoms with Crippen molar-refractivity contribution in [3.63, 3.8) is 0 Å². The van der Waals surface area contributed by atoms with Gasteiger partial charge in [-0.05, 0) is 31.6 Å². The van der Waals surface area contributed by atoms with Crippen molar-refractivity contribution in [2.24, 2.45) is 11.8 Å². The zero-order valence-electron chi connectivity index (χ0n) is 9.08. The molecule has 1 atom stereocenters. The quantitative estimate of drug-likeness (QED) is 0.628. The van der Waals surface area contributed by atoms with Crippen molar-refractivity contribution in [2.45, 2.75) is 45.8 Å². The van der Waals surface area contributed by atoms with Gasteiger partial charge < -0.3 is 9.47 Å². The molecule has 1 aliphatic rings. The van der Waals surface area contributed by atoms with Crippen molar-refractivity contribution in [2.75, 3.05) is 13.7 Å². The van der Waals surface area contributed by atoms with Crippen molar-refractivity contribution in [1.82, 2.24) is 0 Å². The van der Waals surface area contributed by atoms with Crippen LogP contribution in [-0.2, 0) is 9.47 Å². The van der Waals surface area contributed by atoms with E-state index >= 15 is 0 Å². The van der Waals surface area contributed by atoms with Crippen molar-refractivity contribution in [1.29, 1.82) is 0 Å². The molecular weight excluding hydrogens is 164 g/mol. The Bertz CT molecular complexity index is 128. The van der Waals surface area contributed by atoms with Crippen molar-refractivity contribution < 1.29 is 9.47 Å². The molecule has 0 heterocycles. The average molecular weight is 186 g/mol. The molecule has 0 spiro atoms. The van der Waals surface area contributed by atoms with E-state index in [4.69, 9.17) is 9.47 Å². The van der Waals surface area contributed by atoms with Gasteiger partial charge in [-0.25, -0.2) is 0 Å². The van der Waals surface area contributed by atoms with Crippen LogP contribution in [-0.4, -0.2) is 20.0 Å². The van der Waals surface area contributed by atoms with Crippen LogP contribution in [0.3, 0.4) is 0 Å². The molecular formula is C11H22O2. The van der Waals surface area contributed by atoms with Gasteiger partial charge in [-0.2, -0.15) is 0 Å². The summed E-state index contributed by atoms with van der Waals surface area (Å²) in [5, 5.41) is 0. The van der Waals surface area contributed by atoms with E-state index < -0.39 is 0 Å². The highest BCUT2D eigenvalue weighted by Gasteiger charge is 2.18. The molecule has 0 aliphatic heterocycles. The third kappa shape index (κ3) is 4.10. The zero-order valence-corrected chi connectivity index (χ0v) is 9.08. The second-order valence-corrected chi connectivity index (χ2v) is 4.26. The standard InChI is InChI=1S/C11H22O2/c1-9-4-6-11(7-5-9)8-13-10(2)12-3/h9-11H,4-8H2,1-3H3. The number of rotatable bonds is 4. The van der Waals surface area contributed by atoms with Gasteiger partial charge in [0, 0.05) is 7.11 Å². The van der Waals surface area contributed by atoms with E-state index in [2.05, 4.69) is 6.92 Å². The Morgan fingerprint density at radius 2 is 1.85 bits per heavy atom. The molecule has 0 saturated heterocycles. The Labute approximate surface area is 81.6 Å². The molecule has 1 unspecified atom stereocenters. The molecule has 0 aromatic carbocycles. The largest absolute Gasteiger partial charge is 0.356 e. The SMILES string of the molecule is COC(C)OCC1CCC(C)CC1. The molecule has 0 amide bonds. The van der Waals surface area contributed by atoms with E-state index in [9.17, 15) is 0 Å². The van der Waals surface area contributed by atoms with Crippen LogP contribution in [0.25, 0.3) is 0 Å². The summed E-state index contributed by atoms with van der Waals surface area (Å²) in [5.41, 5.74) is 0. The monoisotopic (exact) mass is 186 g/mol. The predicted molar refractivity (Wildman–Crippen MR) is 53.5 cm³/mol. The molecule has 1 fully saturated rings. The van der Waals surface area contributed by atoms with Gasteiger partial charge in [-0.3, -0.25) is 0 Å². The fraction of sp³-hybridized carbons (Fsp3) is 1.00. The first-order valence-corrected chi connectivity index (χ1v) is 5.36. The van der Waals surface area contributed by atoms with Crippen LogP contribution in [0.1, 0.15) is 39.5 Å². The number of ether oxygens (including phenoxy) is 2. The minimum atomic E-state index is -0.0423. The molecule has 0 aromatic rings. The second-order valence-electron chi connectivity index (χ2n) is 4.26. The summed E-state index contributed by atoms with van der Waals surface area (Å²) in [5.74, 6) is 1.70. The molecule has 1 aliphatic carbocycles. The molecule has 13 heavy (non-hydrogen) atoms. The summed E-state index contributed by atoms with van der Waals surface area (Å²) >= 11 is 0. The minimum absolute atomic E-state index is 0.0423. The molecule has 0 aromatic heterocycles. The lowest BCUT2D eigenvalue weighted by atomic mass is 9.83. The maximum Gasteiger partial charge on any atom is 0.154 e. The lowest BCUT2D eigenvalue weighted by molar-refractivity contribution is -0.122. The van der Waals surface area contributed by atoms with Crippen LogP contribution < -0.4 is 0 Å². The van der Waals surface area contributed by atoms with Crippen LogP contribution in [0.15, 0.2) is 0 Å². The lowest BCUT2D eigenvalue weighted by Crippen LogP contribution is -2.21. The third-order valence-corrected chi connectivity index (χ3v) is 3.03. The summed E-state index contributed by atoms with van der Waals surface area (Å²) in [6.45, 7) is 5.17. The first-order chi connectivity index (χ1) is 6.22. The summed E-state index contributed by atoms with van der Waals surface area (Å²) in [6.07, 6.45) is 5.36. The highest BCUT2D eigenvalue weighted by Crippen LogP contribution is 2.28. The summed E-state index contributed by atoms with van der Waals surface area (Å²) < 4.78 is 10.6. The first-order valence-electron chi connectivity index (χ1n) is 5.36. The van der Waals surface area contributed by atoms with Gasteiger partial charge in [-0.15, -0.1) is 0 Å². The van der Waals surface area contributed by atoms with Crippen LogP contribution in [0.2, 0.25) is 0 Å². The molecule has 0 N–H and O–H groups in total. The Morgan fingerprint density at radius 1 is 1.23 bits per heavy atom. The Kier molecular flexibility index (Phi) is 4.74. The van der Waals surface area contributed by atoms with Gasteiger partial charge in [0.15, 0.2) is 6.29 Å². The third-order valence-electron chi connectivity index (χ3n) is 3.03. The molecule has 2 heteroatoms. The van der Waals surface area contributed by atoms with Gasteiger partial charge >= 0.3 is 0 Å². The average Bonchev–Trinajstić information content (AvgIpc) is 2.16. The van der Waals surface area contributed by atoms with Gasteiger partial charge in [0.2, 0.25) is 0 Å². The summed E-state index contributed by atoms with van der Waals surface area (Å²) in [4.78, 5) is 0. The van der Waals surface area contributed by atoms with Gasteiger partial charge in [0.05, 0.1) is 6.61 Å². The van der Waals surface area contributed by atoms with E-state index in [1.807, 2.05) is 6.92 Å². The highest BCUT2D eigenvalue weighted by molar-refractivity contribution is 4.69. The van der Waals surface area contributed by atoms with Crippen LogP contribution in [0, 0.1) is 11.8 Å². The van der Waals surface area contributed by atoms with Gasteiger partial charge in [0.25, 0.3) is 0 Å². The number of hydrogen-bond donors (Lipinski definition) is 0. The molecule has 2 nitrogen and oxygen atoms in total. The van der Waals surface area contributed by atoms with E-state index in [0.717, 1.165) is 18.4 Å².